The lowest BCUT2D eigenvalue weighted by atomic mass is 10.0. The molecule has 100 valence electrons. The topological polar surface area (TPSA) is 29.3 Å². The predicted molar refractivity (Wildman–Crippen MR) is 81.3 cm³/mol. The number of aryl methyl sites for hydroxylation is 1. The first-order valence-electron chi connectivity index (χ1n) is 6.91. The number of hydrogen-bond donors (Lipinski definition) is 1. The van der Waals surface area contributed by atoms with E-state index in [-0.39, 0.29) is 0 Å². The molecule has 1 aromatic heterocycles. The van der Waals surface area contributed by atoms with E-state index in [0.717, 1.165) is 13.1 Å². The first kappa shape index (κ1) is 12.9. The SMILES string of the molecule is NCC(c1ccsc1)N1CCCc2ccccc2C1. The maximum atomic E-state index is 6.03. The fourth-order valence-electron chi connectivity index (χ4n) is 2.95. The van der Waals surface area contributed by atoms with Gasteiger partial charge in [-0.25, -0.2) is 0 Å². The molecule has 2 aromatic rings. The summed E-state index contributed by atoms with van der Waals surface area (Å²) in [5, 5.41) is 4.37. The molecule has 2 heterocycles. The van der Waals surface area contributed by atoms with Crippen molar-refractivity contribution in [3.8, 4) is 0 Å². The molecule has 0 fully saturated rings. The van der Waals surface area contributed by atoms with E-state index in [2.05, 4.69) is 46.0 Å². The van der Waals surface area contributed by atoms with Crippen LogP contribution in [-0.2, 0) is 13.0 Å². The summed E-state index contributed by atoms with van der Waals surface area (Å²) >= 11 is 1.76. The number of benzene rings is 1. The monoisotopic (exact) mass is 272 g/mol. The van der Waals surface area contributed by atoms with Crippen LogP contribution in [0.3, 0.4) is 0 Å². The standard InChI is InChI=1S/C16H20N2S/c17-10-16(15-7-9-19-12-15)18-8-3-6-13-4-1-2-5-14(13)11-18/h1-2,4-5,7,9,12,16H,3,6,8,10-11,17H2. The molecule has 1 atom stereocenters. The highest BCUT2D eigenvalue weighted by molar-refractivity contribution is 7.07. The second-order valence-corrected chi connectivity index (χ2v) is 5.93. The third-order valence-electron chi connectivity index (χ3n) is 3.98. The van der Waals surface area contributed by atoms with Gasteiger partial charge in [-0.1, -0.05) is 24.3 Å². The van der Waals surface area contributed by atoms with Gasteiger partial charge in [0.05, 0.1) is 0 Å². The van der Waals surface area contributed by atoms with Crippen LogP contribution in [0.2, 0.25) is 0 Å². The van der Waals surface area contributed by atoms with Gasteiger partial charge in [-0.15, -0.1) is 0 Å². The molecule has 0 spiro atoms. The van der Waals surface area contributed by atoms with Crippen LogP contribution in [0.15, 0.2) is 41.1 Å². The molecular weight excluding hydrogens is 252 g/mol. The molecule has 0 radical (unpaired) electrons. The largest absolute Gasteiger partial charge is 0.329 e. The Morgan fingerprint density at radius 3 is 2.79 bits per heavy atom. The molecule has 1 aliphatic rings. The predicted octanol–water partition coefficient (Wildman–Crippen LogP) is 3.20. The van der Waals surface area contributed by atoms with Crippen molar-refractivity contribution in [1.82, 2.24) is 4.90 Å². The van der Waals surface area contributed by atoms with Crippen molar-refractivity contribution >= 4 is 11.3 Å². The molecule has 0 aliphatic carbocycles. The normalized spacial score (nSPS) is 17.7. The highest BCUT2D eigenvalue weighted by atomic mass is 32.1. The summed E-state index contributed by atoms with van der Waals surface area (Å²) < 4.78 is 0. The van der Waals surface area contributed by atoms with E-state index in [4.69, 9.17) is 5.73 Å². The van der Waals surface area contributed by atoms with Crippen molar-refractivity contribution < 1.29 is 0 Å². The van der Waals surface area contributed by atoms with E-state index < -0.39 is 0 Å². The lowest BCUT2D eigenvalue weighted by molar-refractivity contribution is 0.196. The number of thiophene rings is 1. The summed E-state index contributed by atoms with van der Waals surface area (Å²) in [6.07, 6.45) is 2.41. The maximum absolute atomic E-state index is 6.03. The molecule has 19 heavy (non-hydrogen) atoms. The summed E-state index contributed by atoms with van der Waals surface area (Å²) in [4.78, 5) is 2.54. The van der Waals surface area contributed by atoms with Gasteiger partial charge in [0.15, 0.2) is 0 Å². The molecule has 2 nitrogen and oxygen atoms in total. The van der Waals surface area contributed by atoms with Gasteiger partial charge in [-0.2, -0.15) is 11.3 Å². The van der Waals surface area contributed by atoms with Crippen molar-refractivity contribution in [2.24, 2.45) is 5.73 Å². The van der Waals surface area contributed by atoms with Gasteiger partial charge in [-0.3, -0.25) is 4.90 Å². The highest BCUT2D eigenvalue weighted by Crippen LogP contribution is 2.27. The Bertz CT molecular complexity index is 521. The average Bonchev–Trinajstić information content (AvgIpc) is 2.87. The summed E-state index contributed by atoms with van der Waals surface area (Å²) in [5.41, 5.74) is 10.4. The fourth-order valence-corrected chi connectivity index (χ4v) is 3.66. The lowest BCUT2D eigenvalue weighted by Gasteiger charge is -2.29. The lowest BCUT2D eigenvalue weighted by Crippen LogP contribution is -2.33. The molecule has 0 saturated carbocycles. The van der Waals surface area contributed by atoms with E-state index >= 15 is 0 Å². The van der Waals surface area contributed by atoms with Crippen LogP contribution in [-0.4, -0.2) is 18.0 Å². The summed E-state index contributed by atoms with van der Waals surface area (Å²) in [6.45, 7) is 2.85. The van der Waals surface area contributed by atoms with Crippen molar-refractivity contribution in [3.63, 3.8) is 0 Å². The Kier molecular flexibility index (Phi) is 3.97. The minimum Gasteiger partial charge on any atom is -0.329 e. The van der Waals surface area contributed by atoms with E-state index in [9.17, 15) is 0 Å². The van der Waals surface area contributed by atoms with Crippen LogP contribution in [0, 0.1) is 0 Å². The smallest absolute Gasteiger partial charge is 0.0482 e. The first-order valence-corrected chi connectivity index (χ1v) is 7.86. The summed E-state index contributed by atoms with van der Waals surface area (Å²) in [5.74, 6) is 0. The average molecular weight is 272 g/mol. The van der Waals surface area contributed by atoms with Crippen LogP contribution >= 0.6 is 11.3 Å². The van der Waals surface area contributed by atoms with Gasteiger partial charge in [0.2, 0.25) is 0 Å². The molecule has 0 amide bonds. The highest BCUT2D eigenvalue weighted by Gasteiger charge is 2.22. The zero-order valence-electron chi connectivity index (χ0n) is 11.1. The minimum absolute atomic E-state index is 0.359. The van der Waals surface area contributed by atoms with Crippen LogP contribution in [0.4, 0.5) is 0 Å². The van der Waals surface area contributed by atoms with Gasteiger partial charge in [0, 0.05) is 19.1 Å². The molecule has 3 rings (SSSR count). The Balaban J connectivity index is 1.85. The second-order valence-electron chi connectivity index (χ2n) is 5.15. The number of hydrogen-bond acceptors (Lipinski definition) is 3. The summed E-state index contributed by atoms with van der Waals surface area (Å²) in [6, 6.07) is 11.4. The number of nitrogens with two attached hydrogens (primary N) is 1. The maximum Gasteiger partial charge on any atom is 0.0482 e. The van der Waals surface area contributed by atoms with Gasteiger partial charge in [0.1, 0.15) is 0 Å². The molecule has 1 aromatic carbocycles. The molecule has 1 aliphatic heterocycles. The van der Waals surface area contributed by atoms with Gasteiger partial charge < -0.3 is 5.73 Å². The Morgan fingerprint density at radius 1 is 1.21 bits per heavy atom. The van der Waals surface area contributed by atoms with Gasteiger partial charge in [0.25, 0.3) is 0 Å². The van der Waals surface area contributed by atoms with Gasteiger partial charge >= 0.3 is 0 Å². The van der Waals surface area contributed by atoms with Gasteiger partial charge in [-0.05, 0) is 52.9 Å². The Labute approximate surface area is 118 Å². The van der Waals surface area contributed by atoms with E-state index in [1.54, 1.807) is 11.3 Å². The second kappa shape index (κ2) is 5.87. The number of rotatable bonds is 3. The summed E-state index contributed by atoms with van der Waals surface area (Å²) in [7, 11) is 0. The molecule has 1 unspecified atom stereocenters. The number of nitrogens with zero attached hydrogens (tertiary/aromatic N) is 1. The Morgan fingerprint density at radius 2 is 2.05 bits per heavy atom. The van der Waals surface area contributed by atoms with Crippen molar-refractivity contribution in [2.45, 2.75) is 25.4 Å². The van der Waals surface area contributed by atoms with Crippen LogP contribution in [0.5, 0.6) is 0 Å². The molecular formula is C16H20N2S. The quantitative estimate of drug-likeness (QED) is 0.929. The number of fused-ring (bicyclic) bond motifs is 1. The third-order valence-corrected chi connectivity index (χ3v) is 4.68. The Hall–Kier alpha value is -1.16. The van der Waals surface area contributed by atoms with E-state index in [1.165, 1.54) is 29.5 Å². The third kappa shape index (κ3) is 2.73. The van der Waals surface area contributed by atoms with Crippen molar-refractivity contribution in [2.75, 3.05) is 13.1 Å². The van der Waals surface area contributed by atoms with Crippen molar-refractivity contribution in [1.29, 1.82) is 0 Å². The van der Waals surface area contributed by atoms with Crippen molar-refractivity contribution in [3.05, 3.63) is 57.8 Å². The minimum atomic E-state index is 0.359. The first-order chi connectivity index (χ1) is 9.38. The van der Waals surface area contributed by atoms with Crippen LogP contribution in [0.1, 0.15) is 29.2 Å². The van der Waals surface area contributed by atoms with E-state index in [1.807, 2.05) is 0 Å². The zero-order chi connectivity index (χ0) is 13.1. The molecule has 2 N–H and O–H groups in total. The fraction of sp³-hybridized carbons (Fsp3) is 0.375. The van der Waals surface area contributed by atoms with Crippen LogP contribution < -0.4 is 5.73 Å². The molecule has 3 heteroatoms. The molecule has 0 bridgehead atoms. The van der Waals surface area contributed by atoms with E-state index in [0.29, 0.717) is 12.6 Å². The molecule has 0 saturated heterocycles. The zero-order valence-corrected chi connectivity index (χ0v) is 11.9. The van der Waals surface area contributed by atoms with Crippen LogP contribution in [0.25, 0.3) is 0 Å².